The molecule has 0 unspecified atom stereocenters. The first-order valence-corrected chi connectivity index (χ1v) is 3.38. The van der Waals surface area contributed by atoms with Crippen LogP contribution in [-0.4, -0.2) is 10.2 Å². The van der Waals surface area contributed by atoms with Crippen LogP contribution in [0.25, 0.3) is 0 Å². The molecule has 0 aromatic rings. The normalized spacial score (nSPS) is 9.17. The van der Waals surface area contributed by atoms with Crippen LogP contribution in [0.5, 0.6) is 0 Å². The van der Waals surface area contributed by atoms with Crippen LogP contribution in [0.3, 0.4) is 0 Å². The van der Waals surface area contributed by atoms with Gasteiger partial charge in [-0.1, -0.05) is 6.08 Å². The zero-order chi connectivity index (χ0) is 4.83. The van der Waals surface area contributed by atoms with Crippen LogP contribution >= 0.6 is 0 Å². The summed E-state index contributed by atoms with van der Waals surface area (Å²) in [5.41, 5.74) is 0. The lowest BCUT2D eigenvalue weighted by Crippen LogP contribution is -1.53. The van der Waals surface area contributed by atoms with Crippen molar-refractivity contribution in [2.24, 2.45) is 0 Å². The van der Waals surface area contributed by atoms with Gasteiger partial charge in [0.25, 0.3) is 0 Å². The summed E-state index contributed by atoms with van der Waals surface area (Å²) in [6, 6.07) is 3.00. The van der Waals surface area contributed by atoms with Crippen LogP contribution < -0.4 is 0 Å². The Balaban J connectivity index is 3.02. The van der Waals surface area contributed by atoms with Gasteiger partial charge in [0.15, 0.2) is 0 Å². The van der Waals surface area contributed by atoms with Crippen molar-refractivity contribution in [2.45, 2.75) is 6.04 Å². The Morgan fingerprint density at radius 1 is 1.83 bits per heavy atom. The van der Waals surface area contributed by atoms with Gasteiger partial charge >= 0.3 is 0 Å². The Morgan fingerprint density at radius 3 is 2.67 bits per heavy atom. The molecule has 0 aliphatic heterocycles. The summed E-state index contributed by atoms with van der Waals surface area (Å²) in [4.78, 5) is 0. The van der Waals surface area contributed by atoms with Crippen molar-refractivity contribution in [3.63, 3.8) is 0 Å². The fraction of sp³-hybridized carbons (Fsp3) is 0.250. The highest BCUT2D eigenvalue weighted by Crippen LogP contribution is 1.71. The van der Waals surface area contributed by atoms with Crippen LogP contribution in [0, 0.1) is 11.3 Å². The largest absolute Gasteiger partial charge is 0.193 e. The monoisotopic (exact) mass is 97.0 g/mol. The number of rotatable bonds is 1. The fourth-order valence-electron chi connectivity index (χ4n) is 0.171. The molecule has 0 N–H and O–H groups in total. The van der Waals surface area contributed by atoms with Gasteiger partial charge in [0.1, 0.15) is 0 Å². The minimum Gasteiger partial charge on any atom is -0.193 e. The van der Waals surface area contributed by atoms with Gasteiger partial charge in [-0.05, 0) is 6.04 Å². The van der Waals surface area contributed by atoms with Gasteiger partial charge in [0.05, 0.1) is 6.07 Å². The average molecular weight is 97.2 g/mol. The van der Waals surface area contributed by atoms with Gasteiger partial charge in [-0.2, -0.15) is 5.26 Å². The van der Waals surface area contributed by atoms with E-state index < -0.39 is 0 Å². The maximum Gasteiger partial charge on any atom is 0.0908 e. The molecule has 32 valence electrons. The van der Waals surface area contributed by atoms with E-state index in [0.29, 0.717) is 0 Å². The van der Waals surface area contributed by atoms with Crippen LogP contribution in [-0.2, 0) is 0 Å². The summed E-state index contributed by atoms with van der Waals surface area (Å²) in [5, 5.41) is 7.88. The summed E-state index contributed by atoms with van der Waals surface area (Å²) >= 11 is 0. The Bertz CT molecular complexity index is 80.0. The van der Waals surface area contributed by atoms with Gasteiger partial charge in [0, 0.05) is 16.3 Å². The van der Waals surface area contributed by atoms with Gasteiger partial charge < -0.3 is 0 Å². The molecule has 0 amide bonds. The van der Waals surface area contributed by atoms with Gasteiger partial charge in [-0.3, -0.25) is 0 Å². The van der Waals surface area contributed by atoms with Gasteiger partial charge in [-0.15, -0.1) is 0 Å². The Morgan fingerprint density at radius 2 is 2.50 bits per heavy atom. The number of hydrogen-bond donors (Lipinski definition) is 0. The first-order chi connectivity index (χ1) is 2.91. The molecule has 0 aromatic carbocycles. The molecule has 6 heavy (non-hydrogen) atoms. The Kier molecular flexibility index (Phi) is 4.04. The molecule has 0 bridgehead atoms. The van der Waals surface area contributed by atoms with E-state index in [9.17, 15) is 0 Å². The number of nitriles is 1. The predicted molar refractivity (Wildman–Crippen MR) is 29.5 cm³/mol. The third kappa shape index (κ3) is 3.45. The molecule has 0 spiro atoms. The molecule has 0 saturated heterocycles. The standard InChI is InChI=1S/C4H7NSi/c5-3-1-2-4-6/h1-2H,4H2,6H3. The average Bonchev–Trinajstić information content (AvgIpc) is 1.61. The van der Waals surface area contributed by atoms with Gasteiger partial charge in [0.2, 0.25) is 0 Å². The molecule has 0 aliphatic carbocycles. The molecule has 0 heterocycles. The van der Waals surface area contributed by atoms with E-state index in [1.54, 1.807) is 0 Å². The molecule has 0 aliphatic rings. The van der Waals surface area contributed by atoms with Gasteiger partial charge in [-0.25, -0.2) is 0 Å². The highest BCUT2D eigenvalue weighted by atomic mass is 28.1. The van der Waals surface area contributed by atoms with Crippen LogP contribution in [0.2, 0.25) is 6.04 Å². The summed E-state index contributed by atoms with van der Waals surface area (Å²) < 4.78 is 0. The van der Waals surface area contributed by atoms with E-state index in [1.165, 1.54) is 16.3 Å². The van der Waals surface area contributed by atoms with Crippen LogP contribution in [0.4, 0.5) is 0 Å². The second-order valence-corrected chi connectivity index (χ2v) is 1.76. The first-order valence-electron chi connectivity index (χ1n) is 1.96. The molecule has 2 heteroatoms. The SMILES string of the molecule is N#CC=CC[SiH3]. The lowest BCUT2D eigenvalue weighted by Gasteiger charge is -1.63. The number of hydrogen-bond acceptors (Lipinski definition) is 1. The minimum atomic E-state index is 1.09. The summed E-state index contributed by atoms with van der Waals surface area (Å²) in [5.74, 6) is 0. The maximum atomic E-state index is 7.88. The summed E-state index contributed by atoms with van der Waals surface area (Å²) in [6.45, 7) is 0. The highest BCUT2D eigenvalue weighted by Gasteiger charge is 1.58. The molecular weight excluding hydrogens is 90.1 g/mol. The van der Waals surface area contributed by atoms with Crippen molar-refractivity contribution >= 4 is 10.2 Å². The van der Waals surface area contributed by atoms with E-state index in [-0.39, 0.29) is 0 Å². The summed E-state index contributed by atoms with van der Waals surface area (Å²) in [6.07, 6.45) is 3.40. The van der Waals surface area contributed by atoms with E-state index in [0.717, 1.165) is 6.04 Å². The molecule has 0 aromatic heterocycles. The maximum absolute atomic E-state index is 7.88. The van der Waals surface area contributed by atoms with E-state index >= 15 is 0 Å². The smallest absolute Gasteiger partial charge is 0.0908 e. The molecule has 0 saturated carbocycles. The Labute approximate surface area is 40.7 Å². The lowest BCUT2D eigenvalue weighted by molar-refractivity contribution is 1.53. The van der Waals surface area contributed by atoms with Crippen molar-refractivity contribution in [3.8, 4) is 6.07 Å². The number of nitrogens with zero attached hydrogens (tertiary/aromatic N) is 1. The van der Waals surface area contributed by atoms with Crippen molar-refractivity contribution in [1.82, 2.24) is 0 Å². The van der Waals surface area contributed by atoms with Crippen molar-refractivity contribution in [3.05, 3.63) is 12.2 Å². The third-order valence-electron chi connectivity index (χ3n) is 0.428. The van der Waals surface area contributed by atoms with Crippen molar-refractivity contribution < 1.29 is 0 Å². The number of allylic oxidation sites excluding steroid dienone is 2. The minimum absolute atomic E-state index is 1.09. The van der Waals surface area contributed by atoms with E-state index in [4.69, 9.17) is 5.26 Å². The van der Waals surface area contributed by atoms with Crippen LogP contribution in [0.1, 0.15) is 0 Å². The second-order valence-electron chi connectivity index (χ2n) is 0.940. The fourth-order valence-corrected chi connectivity index (χ4v) is 0.406. The molecule has 0 fully saturated rings. The molecule has 0 radical (unpaired) electrons. The molecule has 0 rings (SSSR count). The van der Waals surface area contributed by atoms with Crippen molar-refractivity contribution in [1.29, 1.82) is 5.26 Å². The first kappa shape index (κ1) is 5.45. The zero-order valence-corrected chi connectivity index (χ0v) is 5.81. The molecule has 0 atom stereocenters. The molecule has 1 nitrogen and oxygen atoms in total. The topological polar surface area (TPSA) is 23.8 Å². The van der Waals surface area contributed by atoms with E-state index in [1.807, 2.05) is 12.1 Å². The quantitative estimate of drug-likeness (QED) is 0.330. The highest BCUT2D eigenvalue weighted by molar-refractivity contribution is 6.09. The third-order valence-corrected chi connectivity index (χ3v) is 0.899. The van der Waals surface area contributed by atoms with Crippen molar-refractivity contribution in [2.75, 3.05) is 0 Å². The molecular formula is C4H7NSi. The van der Waals surface area contributed by atoms with E-state index in [2.05, 4.69) is 0 Å². The summed E-state index contributed by atoms with van der Waals surface area (Å²) in [7, 11) is 1.17. The second kappa shape index (κ2) is 4.45. The lowest BCUT2D eigenvalue weighted by atomic mass is 10.6. The zero-order valence-electron chi connectivity index (χ0n) is 3.81. The predicted octanol–water partition coefficient (Wildman–Crippen LogP) is -0.150. The van der Waals surface area contributed by atoms with Crippen LogP contribution in [0.15, 0.2) is 12.2 Å². The Hall–Kier alpha value is -0.553.